The first-order valence-electron chi connectivity index (χ1n) is 9.42. The summed E-state index contributed by atoms with van der Waals surface area (Å²) < 4.78 is 11.0. The predicted octanol–water partition coefficient (Wildman–Crippen LogP) is 2.63. The van der Waals surface area contributed by atoms with Crippen LogP contribution in [0.15, 0.2) is 24.3 Å². The Hall–Kier alpha value is -1.59. The quantitative estimate of drug-likeness (QED) is 0.745. The van der Waals surface area contributed by atoms with Crippen molar-refractivity contribution in [1.82, 2.24) is 10.2 Å². The van der Waals surface area contributed by atoms with Gasteiger partial charge in [-0.15, -0.1) is 0 Å². The van der Waals surface area contributed by atoms with Gasteiger partial charge in [0.2, 0.25) is 0 Å². The Morgan fingerprint density at radius 1 is 1.20 bits per heavy atom. The zero-order valence-corrected chi connectivity index (χ0v) is 15.8. The van der Waals surface area contributed by atoms with E-state index in [4.69, 9.17) is 9.47 Å². The molecule has 1 N–H and O–H groups in total. The number of aryl methyl sites for hydroxylation is 1. The van der Waals surface area contributed by atoms with Crippen molar-refractivity contribution < 1.29 is 14.3 Å². The van der Waals surface area contributed by atoms with Crippen LogP contribution in [0.4, 0.5) is 0 Å². The molecule has 1 saturated heterocycles. The Labute approximate surface area is 151 Å². The third kappa shape index (κ3) is 6.33. The highest BCUT2D eigenvalue weighted by Gasteiger charge is 2.27. The standard InChI is InChI=1S/C20H32N2O3/c1-4-17(5-2)19(22-10-12-24-13-11-22)14-21-20(23)15-25-18-8-6-16(3)7-9-18/h6-9,17,19H,4-5,10-15H2,1-3H3,(H,21,23). The summed E-state index contributed by atoms with van der Waals surface area (Å²) >= 11 is 0. The molecule has 0 saturated carbocycles. The Morgan fingerprint density at radius 2 is 1.84 bits per heavy atom. The number of hydrogen-bond acceptors (Lipinski definition) is 4. The molecule has 5 heteroatoms. The number of rotatable bonds is 9. The molecular weight excluding hydrogens is 316 g/mol. The Bertz CT molecular complexity index is 508. The maximum atomic E-state index is 12.2. The van der Waals surface area contributed by atoms with Crippen molar-refractivity contribution >= 4 is 5.91 Å². The van der Waals surface area contributed by atoms with E-state index in [1.165, 1.54) is 5.56 Å². The van der Waals surface area contributed by atoms with Gasteiger partial charge in [0.05, 0.1) is 13.2 Å². The van der Waals surface area contributed by atoms with Gasteiger partial charge < -0.3 is 14.8 Å². The number of nitrogens with zero attached hydrogens (tertiary/aromatic N) is 1. The lowest BCUT2D eigenvalue weighted by atomic mass is 9.92. The average molecular weight is 348 g/mol. The Balaban J connectivity index is 1.83. The van der Waals surface area contributed by atoms with Crippen molar-refractivity contribution in [2.45, 2.75) is 39.7 Å². The molecule has 5 nitrogen and oxygen atoms in total. The highest BCUT2D eigenvalue weighted by Crippen LogP contribution is 2.19. The minimum Gasteiger partial charge on any atom is -0.484 e. The fourth-order valence-electron chi connectivity index (χ4n) is 3.39. The molecule has 1 aromatic rings. The molecule has 1 amide bonds. The summed E-state index contributed by atoms with van der Waals surface area (Å²) in [7, 11) is 0. The second-order valence-corrected chi connectivity index (χ2v) is 6.70. The van der Waals surface area contributed by atoms with E-state index in [9.17, 15) is 4.79 Å². The summed E-state index contributed by atoms with van der Waals surface area (Å²) in [5.41, 5.74) is 1.18. The lowest BCUT2D eigenvalue weighted by Gasteiger charge is -2.38. The SMILES string of the molecule is CCC(CC)C(CNC(=O)COc1ccc(C)cc1)N1CCOCC1. The van der Waals surface area contributed by atoms with E-state index < -0.39 is 0 Å². The number of benzene rings is 1. The molecule has 140 valence electrons. The molecular formula is C20H32N2O3. The Morgan fingerprint density at radius 3 is 2.44 bits per heavy atom. The van der Waals surface area contributed by atoms with Crippen LogP contribution < -0.4 is 10.1 Å². The Kier molecular flexibility index (Phi) is 8.22. The molecule has 0 bridgehead atoms. The number of amides is 1. The largest absolute Gasteiger partial charge is 0.484 e. The second-order valence-electron chi connectivity index (χ2n) is 6.70. The summed E-state index contributed by atoms with van der Waals surface area (Å²) in [6, 6.07) is 8.11. The van der Waals surface area contributed by atoms with Crippen LogP contribution in [0.25, 0.3) is 0 Å². The van der Waals surface area contributed by atoms with Gasteiger partial charge in [-0.3, -0.25) is 9.69 Å². The normalized spacial score (nSPS) is 16.6. The molecule has 1 fully saturated rings. The third-order valence-electron chi connectivity index (χ3n) is 5.01. The molecule has 1 unspecified atom stereocenters. The summed E-state index contributed by atoms with van der Waals surface area (Å²) in [6.07, 6.45) is 2.24. The molecule has 1 aliphatic heterocycles. The monoisotopic (exact) mass is 348 g/mol. The topological polar surface area (TPSA) is 50.8 Å². The number of hydrogen-bond donors (Lipinski definition) is 1. The van der Waals surface area contributed by atoms with Crippen molar-refractivity contribution in [3.05, 3.63) is 29.8 Å². The fraction of sp³-hybridized carbons (Fsp3) is 0.650. The first-order chi connectivity index (χ1) is 12.1. The van der Waals surface area contributed by atoms with Gasteiger partial charge in [-0.2, -0.15) is 0 Å². The van der Waals surface area contributed by atoms with Gasteiger partial charge >= 0.3 is 0 Å². The van der Waals surface area contributed by atoms with E-state index in [0.29, 0.717) is 18.5 Å². The first kappa shape index (κ1) is 19.7. The molecule has 1 aromatic carbocycles. The van der Waals surface area contributed by atoms with Gasteiger partial charge in [0.15, 0.2) is 6.61 Å². The van der Waals surface area contributed by atoms with Crippen molar-refractivity contribution in [3.63, 3.8) is 0 Å². The summed E-state index contributed by atoms with van der Waals surface area (Å²) in [5.74, 6) is 1.24. The van der Waals surface area contributed by atoms with Crippen LogP contribution in [0.1, 0.15) is 32.3 Å². The van der Waals surface area contributed by atoms with Crippen LogP contribution in [-0.4, -0.2) is 56.3 Å². The number of ether oxygens (including phenoxy) is 2. The zero-order chi connectivity index (χ0) is 18.1. The summed E-state index contributed by atoms with van der Waals surface area (Å²) in [6.45, 7) is 10.6. The molecule has 0 spiro atoms. The predicted molar refractivity (Wildman–Crippen MR) is 99.9 cm³/mol. The highest BCUT2D eigenvalue weighted by atomic mass is 16.5. The maximum Gasteiger partial charge on any atom is 0.257 e. The van der Waals surface area contributed by atoms with Gasteiger partial charge in [0, 0.05) is 25.7 Å². The molecule has 1 atom stereocenters. The van der Waals surface area contributed by atoms with Crippen LogP contribution >= 0.6 is 0 Å². The van der Waals surface area contributed by atoms with E-state index in [1.54, 1.807) is 0 Å². The minimum absolute atomic E-state index is 0.0573. The van der Waals surface area contributed by atoms with Crippen LogP contribution in [0.5, 0.6) is 5.75 Å². The van der Waals surface area contributed by atoms with Crippen molar-refractivity contribution in [2.24, 2.45) is 5.92 Å². The molecule has 2 rings (SSSR count). The van der Waals surface area contributed by atoms with Crippen molar-refractivity contribution in [1.29, 1.82) is 0 Å². The molecule has 1 aliphatic rings. The maximum absolute atomic E-state index is 12.2. The van der Waals surface area contributed by atoms with Crippen LogP contribution in [0, 0.1) is 12.8 Å². The second kappa shape index (κ2) is 10.4. The van der Waals surface area contributed by atoms with E-state index in [0.717, 1.165) is 44.9 Å². The number of carbonyl (C=O) groups excluding carboxylic acids is 1. The molecule has 0 aromatic heterocycles. The average Bonchev–Trinajstić information content (AvgIpc) is 2.65. The molecule has 0 radical (unpaired) electrons. The van der Waals surface area contributed by atoms with Gasteiger partial charge in [0.25, 0.3) is 5.91 Å². The molecule has 25 heavy (non-hydrogen) atoms. The van der Waals surface area contributed by atoms with Crippen LogP contribution in [0.3, 0.4) is 0 Å². The smallest absolute Gasteiger partial charge is 0.257 e. The molecule has 0 aliphatic carbocycles. The van der Waals surface area contributed by atoms with Gasteiger partial charge in [-0.05, 0) is 25.0 Å². The third-order valence-corrected chi connectivity index (χ3v) is 5.01. The highest BCUT2D eigenvalue weighted by molar-refractivity contribution is 5.77. The number of carbonyl (C=O) groups is 1. The van der Waals surface area contributed by atoms with E-state index in [-0.39, 0.29) is 12.5 Å². The van der Waals surface area contributed by atoms with E-state index >= 15 is 0 Å². The van der Waals surface area contributed by atoms with Crippen molar-refractivity contribution in [2.75, 3.05) is 39.5 Å². The number of morpholine rings is 1. The van der Waals surface area contributed by atoms with Gasteiger partial charge in [-0.25, -0.2) is 0 Å². The van der Waals surface area contributed by atoms with Gasteiger partial charge in [0.1, 0.15) is 5.75 Å². The van der Waals surface area contributed by atoms with Crippen molar-refractivity contribution in [3.8, 4) is 5.75 Å². The summed E-state index contributed by atoms with van der Waals surface area (Å²) in [4.78, 5) is 14.7. The van der Waals surface area contributed by atoms with E-state index in [1.807, 2.05) is 31.2 Å². The first-order valence-corrected chi connectivity index (χ1v) is 9.42. The lowest BCUT2D eigenvalue weighted by molar-refractivity contribution is -0.123. The fourth-order valence-corrected chi connectivity index (χ4v) is 3.39. The zero-order valence-electron chi connectivity index (χ0n) is 15.8. The summed E-state index contributed by atoms with van der Waals surface area (Å²) in [5, 5.41) is 3.06. The van der Waals surface area contributed by atoms with E-state index in [2.05, 4.69) is 24.1 Å². The van der Waals surface area contributed by atoms with Crippen LogP contribution in [-0.2, 0) is 9.53 Å². The molecule has 1 heterocycles. The number of nitrogens with one attached hydrogen (secondary N) is 1. The van der Waals surface area contributed by atoms with Crippen LogP contribution in [0.2, 0.25) is 0 Å². The lowest BCUT2D eigenvalue weighted by Crippen LogP contribution is -2.52. The minimum atomic E-state index is -0.0650. The van der Waals surface area contributed by atoms with Gasteiger partial charge in [-0.1, -0.05) is 44.4 Å².